The largest absolute Gasteiger partial charge is 0.381 e. The average molecular weight is 209 g/mol. The highest BCUT2D eigenvalue weighted by Gasteiger charge is 2.26. The Kier molecular flexibility index (Phi) is 3.66. The zero-order chi connectivity index (χ0) is 7.40. The Balaban J connectivity index is 0.000000108. The average Bonchev–Trinajstić information content (AvgIpc) is 2.34. The Bertz CT molecular complexity index is 83.6. The van der Waals surface area contributed by atoms with Gasteiger partial charge in [0.25, 0.3) is 0 Å². The molecule has 10 heavy (non-hydrogen) atoms. The van der Waals surface area contributed by atoms with Crippen LogP contribution in [0.1, 0.15) is 13.3 Å². The summed E-state index contributed by atoms with van der Waals surface area (Å²) < 4.78 is 9.65. The van der Waals surface area contributed by atoms with E-state index in [4.69, 9.17) is 9.47 Å². The third kappa shape index (κ3) is 3.54. The van der Waals surface area contributed by atoms with Gasteiger partial charge in [0.1, 0.15) is 0 Å². The molecule has 2 heterocycles. The van der Waals surface area contributed by atoms with Crippen molar-refractivity contribution in [2.24, 2.45) is 0 Å². The zero-order valence-electron chi connectivity index (χ0n) is 6.18. The molecule has 0 bridgehead atoms. The van der Waals surface area contributed by atoms with Gasteiger partial charge >= 0.3 is 0 Å². The third-order valence-corrected chi connectivity index (χ3v) is 2.04. The van der Waals surface area contributed by atoms with E-state index in [1.165, 1.54) is 6.42 Å². The Labute approximate surface area is 70.0 Å². The smallest absolute Gasteiger partial charge is 0.0931 e. The zero-order valence-corrected chi connectivity index (χ0v) is 7.76. The van der Waals surface area contributed by atoms with Crippen LogP contribution in [0.5, 0.6) is 0 Å². The highest BCUT2D eigenvalue weighted by atomic mass is 79.9. The maximum atomic E-state index is 4.92. The van der Waals surface area contributed by atoms with E-state index in [0.29, 0.717) is 10.9 Å². The maximum Gasteiger partial charge on any atom is 0.0931 e. The molecular formula is C7H13BrO2. The van der Waals surface area contributed by atoms with Crippen LogP contribution in [0.4, 0.5) is 0 Å². The van der Waals surface area contributed by atoms with Gasteiger partial charge in [-0.15, -0.1) is 0 Å². The summed E-state index contributed by atoms with van der Waals surface area (Å²) in [5.41, 5.74) is 0. The molecule has 0 aromatic heterocycles. The molecule has 2 atom stereocenters. The van der Waals surface area contributed by atoms with Gasteiger partial charge in [0.2, 0.25) is 0 Å². The van der Waals surface area contributed by atoms with E-state index in [1.54, 1.807) is 0 Å². The van der Waals surface area contributed by atoms with Crippen molar-refractivity contribution < 1.29 is 9.47 Å². The number of alkyl halides is 1. The predicted octanol–water partition coefficient (Wildman–Crippen LogP) is 1.58. The number of rotatable bonds is 1. The van der Waals surface area contributed by atoms with Gasteiger partial charge in [0.15, 0.2) is 0 Å². The van der Waals surface area contributed by atoms with Crippen LogP contribution in [0.3, 0.4) is 0 Å². The Morgan fingerprint density at radius 1 is 1.50 bits per heavy atom. The lowest BCUT2D eigenvalue weighted by Crippen LogP contribution is -2.09. The number of hydrogen-bond donors (Lipinski definition) is 0. The summed E-state index contributed by atoms with van der Waals surface area (Å²) in [7, 11) is 0. The van der Waals surface area contributed by atoms with Crippen LogP contribution in [0.15, 0.2) is 0 Å². The SMILES string of the molecule is C1COC1.CC(Br)C1CO1. The lowest BCUT2D eigenvalue weighted by Gasteiger charge is -2.09. The van der Waals surface area contributed by atoms with Crippen molar-refractivity contribution in [2.75, 3.05) is 19.8 Å². The molecule has 0 amide bonds. The van der Waals surface area contributed by atoms with Gasteiger partial charge in [-0.1, -0.05) is 22.9 Å². The minimum absolute atomic E-state index is 0.519. The molecular weight excluding hydrogens is 196 g/mol. The van der Waals surface area contributed by atoms with E-state index in [0.717, 1.165) is 19.8 Å². The molecule has 0 N–H and O–H groups in total. The van der Waals surface area contributed by atoms with E-state index >= 15 is 0 Å². The fourth-order valence-electron chi connectivity index (χ4n) is 0.465. The first-order valence-corrected chi connectivity index (χ1v) is 4.55. The minimum atomic E-state index is 0.519. The topological polar surface area (TPSA) is 21.8 Å². The van der Waals surface area contributed by atoms with Crippen LogP contribution >= 0.6 is 15.9 Å². The molecule has 3 heteroatoms. The van der Waals surface area contributed by atoms with Crippen molar-refractivity contribution in [2.45, 2.75) is 24.3 Å². The van der Waals surface area contributed by atoms with Gasteiger partial charge in [0, 0.05) is 18.0 Å². The van der Waals surface area contributed by atoms with Gasteiger partial charge in [-0.05, 0) is 6.42 Å². The summed E-state index contributed by atoms with van der Waals surface area (Å²) >= 11 is 3.38. The maximum absolute atomic E-state index is 4.92. The molecule has 2 saturated heterocycles. The molecule has 2 unspecified atom stereocenters. The number of epoxide rings is 1. The van der Waals surface area contributed by atoms with Gasteiger partial charge in [-0.2, -0.15) is 0 Å². The van der Waals surface area contributed by atoms with Gasteiger partial charge in [-0.3, -0.25) is 0 Å². The molecule has 0 aromatic carbocycles. The van der Waals surface area contributed by atoms with Crippen LogP contribution in [0.2, 0.25) is 0 Å². The van der Waals surface area contributed by atoms with Crippen LogP contribution in [0.25, 0.3) is 0 Å². The molecule has 0 aromatic rings. The molecule has 0 aliphatic carbocycles. The number of ether oxygens (including phenoxy) is 2. The number of hydrogen-bond acceptors (Lipinski definition) is 2. The molecule has 0 spiro atoms. The predicted molar refractivity (Wildman–Crippen MR) is 43.6 cm³/mol. The monoisotopic (exact) mass is 208 g/mol. The third-order valence-electron chi connectivity index (χ3n) is 1.45. The fourth-order valence-corrected chi connectivity index (χ4v) is 0.770. The van der Waals surface area contributed by atoms with Crippen LogP contribution in [0, 0.1) is 0 Å². The number of halogens is 1. The van der Waals surface area contributed by atoms with Crippen molar-refractivity contribution in [1.82, 2.24) is 0 Å². The Morgan fingerprint density at radius 3 is 1.90 bits per heavy atom. The first kappa shape index (κ1) is 8.50. The first-order valence-electron chi connectivity index (χ1n) is 3.64. The summed E-state index contributed by atoms with van der Waals surface area (Å²) in [6.07, 6.45) is 1.80. The molecule has 2 aliphatic rings. The summed E-state index contributed by atoms with van der Waals surface area (Å²) in [5, 5.41) is 0. The summed E-state index contributed by atoms with van der Waals surface area (Å²) in [6, 6.07) is 0. The lowest BCUT2D eigenvalue weighted by molar-refractivity contribution is 0.0367. The van der Waals surface area contributed by atoms with Crippen molar-refractivity contribution in [3.63, 3.8) is 0 Å². The summed E-state index contributed by atoms with van der Waals surface area (Å²) in [4.78, 5) is 0.553. The second-order valence-corrected chi connectivity index (χ2v) is 3.96. The molecule has 0 radical (unpaired) electrons. The van der Waals surface area contributed by atoms with Crippen molar-refractivity contribution >= 4 is 15.9 Å². The van der Waals surface area contributed by atoms with Crippen LogP contribution in [-0.4, -0.2) is 30.8 Å². The molecule has 0 saturated carbocycles. The lowest BCUT2D eigenvalue weighted by atomic mass is 10.4. The van der Waals surface area contributed by atoms with Crippen molar-refractivity contribution in [3.8, 4) is 0 Å². The van der Waals surface area contributed by atoms with Gasteiger partial charge in [0.05, 0.1) is 12.7 Å². The Morgan fingerprint density at radius 2 is 1.90 bits per heavy atom. The standard InChI is InChI=1S/C4H7BrO.C3H6O/c1-3(5)4-2-6-4;1-2-4-3-1/h3-4H,2H2,1H3;1-3H2. The highest BCUT2D eigenvalue weighted by molar-refractivity contribution is 9.09. The van der Waals surface area contributed by atoms with E-state index in [1.807, 2.05) is 0 Å². The van der Waals surface area contributed by atoms with Crippen molar-refractivity contribution in [1.29, 1.82) is 0 Å². The van der Waals surface area contributed by atoms with E-state index < -0.39 is 0 Å². The molecule has 2 nitrogen and oxygen atoms in total. The second kappa shape index (κ2) is 4.31. The minimum Gasteiger partial charge on any atom is -0.381 e. The quantitative estimate of drug-likeness (QED) is 0.483. The molecule has 2 aliphatic heterocycles. The fraction of sp³-hybridized carbons (Fsp3) is 1.00. The Hall–Kier alpha value is 0.400. The highest BCUT2D eigenvalue weighted by Crippen LogP contribution is 2.19. The summed E-state index contributed by atoms with van der Waals surface area (Å²) in [5.74, 6) is 0. The molecule has 60 valence electrons. The van der Waals surface area contributed by atoms with E-state index in [2.05, 4.69) is 22.9 Å². The molecule has 2 fully saturated rings. The van der Waals surface area contributed by atoms with E-state index in [9.17, 15) is 0 Å². The van der Waals surface area contributed by atoms with Crippen LogP contribution < -0.4 is 0 Å². The molecule has 2 rings (SSSR count). The second-order valence-electron chi connectivity index (χ2n) is 2.52. The normalized spacial score (nSPS) is 31.2. The van der Waals surface area contributed by atoms with Gasteiger partial charge in [-0.25, -0.2) is 0 Å². The van der Waals surface area contributed by atoms with Crippen molar-refractivity contribution in [3.05, 3.63) is 0 Å². The van der Waals surface area contributed by atoms with Crippen LogP contribution in [-0.2, 0) is 9.47 Å². The first-order chi connectivity index (χ1) is 4.80. The van der Waals surface area contributed by atoms with E-state index in [-0.39, 0.29) is 0 Å². The summed E-state index contributed by atoms with van der Waals surface area (Å²) in [6.45, 7) is 5.05. The van der Waals surface area contributed by atoms with Gasteiger partial charge < -0.3 is 9.47 Å².